The molecular weight excluding hydrogens is 318 g/mol. The number of hydrogen-bond donors (Lipinski definition) is 1. The Bertz CT molecular complexity index is 852. The molecule has 0 radical (unpaired) electrons. The zero-order valence-electron chi connectivity index (χ0n) is 13.8. The molecule has 8 heteroatoms. The molecule has 0 aliphatic carbocycles. The zero-order valence-corrected chi connectivity index (χ0v) is 13.8. The Balaban J connectivity index is 1.42. The average Bonchev–Trinajstić information content (AvgIpc) is 3.25. The van der Waals surface area contributed by atoms with Crippen molar-refractivity contribution in [3.63, 3.8) is 0 Å². The molecule has 1 N–H and O–H groups in total. The van der Waals surface area contributed by atoms with Crippen molar-refractivity contribution in [3.8, 4) is 5.82 Å². The number of nitrogens with zero attached hydrogens (tertiary/aromatic N) is 6. The number of aryl methyl sites for hydroxylation is 1. The highest BCUT2D eigenvalue weighted by Crippen LogP contribution is 2.14. The number of aromatic nitrogens is 6. The van der Waals surface area contributed by atoms with Crippen LogP contribution in [0.1, 0.15) is 41.3 Å². The summed E-state index contributed by atoms with van der Waals surface area (Å²) in [5.41, 5.74) is 0.513. The van der Waals surface area contributed by atoms with Crippen molar-refractivity contribution in [2.45, 2.75) is 38.8 Å². The predicted octanol–water partition coefficient (Wildman–Crippen LogP) is 1.52. The molecule has 0 atom stereocenters. The highest BCUT2D eigenvalue weighted by molar-refractivity contribution is 5.93. The van der Waals surface area contributed by atoms with E-state index in [0.717, 1.165) is 43.3 Å². The summed E-state index contributed by atoms with van der Waals surface area (Å²) in [5.74, 6) is 2.38. The molecule has 25 heavy (non-hydrogen) atoms. The van der Waals surface area contributed by atoms with Crippen LogP contribution in [0.3, 0.4) is 0 Å². The Labute approximate surface area is 144 Å². The summed E-state index contributed by atoms with van der Waals surface area (Å²) in [6.07, 6.45) is 11.2. The molecular formula is C17H19N7O. The van der Waals surface area contributed by atoms with Crippen molar-refractivity contribution in [1.29, 1.82) is 0 Å². The quantitative estimate of drug-likeness (QED) is 0.779. The number of carbonyl (C=O) groups is 1. The number of amides is 1. The topological polar surface area (TPSA) is 90.5 Å². The van der Waals surface area contributed by atoms with Crippen molar-refractivity contribution in [1.82, 2.24) is 34.6 Å². The van der Waals surface area contributed by atoms with Gasteiger partial charge in [0.25, 0.3) is 5.91 Å². The Kier molecular flexibility index (Phi) is 4.24. The minimum absolute atomic E-state index is 0.171. The largest absolute Gasteiger partial charge is 0.345 e. The molecule has 4 heterocycles. The molecule has 0 saturated carbocycles. The van der Waals surface area contributed by atoms with E-state index in [-0.39, 0.29) is 5.91 Å². The van der Waals surface area contributed by atoms with Crippen LogP contribution in [0.2, 0.25) is 0 Å². The number of nitrogens with one attached hydrogen (secondary N) is 1. The van der Waals surface area contributed by atoms with Crippen LogP contribution in [-0.4, -0.2) is 35.2 Å². The smallest absolute Gasteiger partial charge is 0.253 e. The Hall–Kier alpha value is -3.03. The second-order valence-corrected chi connectivity index (χ2v) is 6.05. The van der Waals surface area contributed by atoms with E-state index < -0.39 is 0 Å². The standard InChI is InChI=1S/C17H19N7O/c25-17(13-5-6-14(19-10-13)23-9-7-18-12-23)20-11-16-22-21-15-4-2-1-3-8-24(15)16/h5-7,9-10,12H,1-4,8,11H2,(H,20,25). The van der Waals surface area contributed by atoms with Crippen LogP contribution in [-0.2, 0) is 19.5 Å². The maximum atomic E-state index is 12.3. The number of pyridine rings is 1. The maximum Gasteiger partial charge on any atom is 0.253 e. The molecule has 3 aromatic heterocycles. The Morgan fingerprint density at radius 3 is 2.96 bits per heavy atom. The van der Waals surface area contributed by atoms with Gasteiger partial charge in [-0.1, -0.05) is 6.42 Å². The molecule has 0 spiro atoms. The van der Waals surface area contributed by atoms with E-state index in [4.69, 9.17) is 0 Å². The van der Waals surface area contributed by atoms with E-state index in [1.165, 1.54) is 6.42 Å². The number of carbonyl (C=O) groups excluding carboxylic acids is 1. The molecule has 0 saturated heterocycles. The van der Waals surface area contributed by atoms with Crippen LogP contribution in [0.15, 0.2) is 37.1 Å². The zero-order chi connectivity index (χ0) is 17.1. The average molecular weight is 337 g/mol. The normalized spacial score (nSPS) is 13.9. The molecule has 1 aliphatic heterocycles. The fourth-order valence-electron chi connectivity index (χ4n) is 3.01. The van der Waals surface area contributed by atoms with Crippen molar-refractivity contribution in [2.24, 2.45) is 0 Å². The molecule has 0 fully saturated rings. The number of rotatable bonds is 4. The third-order valence-corrected chi connectivity index (χ3v) is 4.37. The summed E-state index contributed by atoms with van der Waals surface area (Å²) in [6.45, 7) is 1.30. The summed E-state index contributed by atoms with van der Waals surface area (Å²) in [5, 5.41) is 11.4. The maximum absolute atomic E-state index is 12.3. The minimum atomic E-state index is -0.171. The Morgan fingerprint density at radius 2 is 2.16 bits per heavy atom. The van der Waals surface area contributed by atoms with E-state index in [0.29, 0.717) is 12.1 Å². The highest BCUT2D eigenvalue weighted by Gasteiger charge is 2.15. The molecule has 0 unspecified atom stereocenters. The van der Waals surface area contributed by atoms with Gasteiger partial charge < -0.3 is 9.88 Å². The van der Waals surface area contributed by atoms with Crippen molar-refractivity contribution < 1.29 is 4.79 Å². The van der Waals surface area contributed by atoms with E-state index in [2.05, 4.69) is 30.0 Å². The second kappa shape index (κ2) is 6.84. The van der Waals surface area contributed by atoms with Crippen LogP contribution < -0.4 is 5.32 Å². The van der Waals surface area contributed by atoms with Gasteiger partial charge in [0.15, 0.2) is 5.82 Å². The van der Waals surface area contributed by atoms with Gasteiger partial charge >= 0.3 is 0 Å². The number of fused-ring (bicyclic) bond motifs is 1. The lowest BCUT2D eigenvalue weighted by Crippen LogP contribution is -2.25. The van der Waals surface area contributed by atoms with Gasteiger partial charge in [0.1, 0.15) is 18.0 Å². The first kappa shape index (κ1) is 15.5. The molecule has 8 nitrogen and oxygen atoms in total. The molecule has 1 amide bonds. The molecule has 3 aromatic rings. The van der Waals surface area contributed by atoms with Crippen molar-refractivity contribution in [3.05, 3.63) is 54.3 Å². The third-order valence-electron chi connectivity index (χ3n) is 4.37. The summed E-state index contributed by atoms with van der Waals surface area (Å²) >= 11 is 0. The molecule has 4 rings (SSSR count). The van der Waals surface area contributed by atoms with Crippen LogP contribution >= 0.6 is 0 Å². The van der Waals surface area contributed by atoms with E-state index in [9.17, 15) is 4.79 Å². The van der Waals surface area contributed by atoms with Gasteiger partial charge in [0.2, 0.25) is 0 Å². The van der Waals surface area contributed by atoms with E-state index in [1.54, 1.807) is 41.6 Å². The summed E-state index contributed by atoms with van der Waals surface area (Å²) in [6, 6.07) is 3.54. The molecule has 0 aromatic carbocycles. The summed E-state index contributed by atoms with van der Waals surface area (Å²) < 4.78 is 3.92. The fraction of sp³-hybridized carbons (Fsp3) is 0.353. The van der Waals surface area contributed by atoms with Crippen LogP contribution in [0.25, 0.3) is 5.82 Å². The van der Waals surface area contributed by atoms with Gasteiger partial charge in [0, 0.05) is 31.6 Å². The van der Waals surface area contributed by atoms with Crippen LogP contribution in [0, 0.1) is 0 Å². The van der Waals surface area contributed by atoms with Gasteiger partial charge in [0.05, 0.1) is 12.1 Å². The van der Waals surface area contributed by atoms with Gasteiger partial charge in [-0.15, -0.1) is 10.2 Å². The van der Waals surface area contributed by atoms with Gasteiger partial charge in [-0.2, -0.15) is 0 Å². The van der Waals surface area contributed by atoms with Crippen molar-refractivity contribution in [2.75, 3.05) is 0 Å². The summed E-state index contributed by atoms with van der Waals surface area (Å²) in [4.78, 5) is 20.6. The first-order valence-corrected chi connectivity index (χ1v) is 8.45. The molecule has 128 valence electrons. The van der Waals surface area contributed by atoms with Crippen LogP contribution in [0.5, 0.6) is 0 Å². The summed E-state index contributed by atoms with van der Waals surface area (Å²) in [7, 11) is 0. The van der Waals surface area contributed by atoms with Gasteiger partial charge in [-0.3, -0.25) is 9.36 Å². The lowest BCUT2D eigenvalue weighted by Gasteiger charge is -2.08. The van der Waals surface area contributed by atoms with Crippen molar-refractivity contribution >= 4 is 5.91 Å². The minimum Gasteiger partial charge on any atom is -0.345 e. The number of hydrogen-bond acceptors (Lipinski definition) is 5. The highest BCUT2D eigenvalue weighted by atomic mass is 16.1. The lowest BCUT2D eigenvalue weighted by atomic mass is 10.2. The molecule has 0 bridgehead atoms. The van der Waals surface area contributed by atoms with E-state index >= 15 is 0 Å². The van der Waals surface area contributed by atoms with Gasteiger partial charge in [-0.05, 0) is 25.0 Å². The fourth-order valence-corrected chi connectivity index (χ4v) is 3.01. The first-order chi connectivity index (χ1) is 12.3. The number of imidazole rings is 1. The third kappa shape index (κ3) is 3.28. The first-order valence-electron chi connectivity index (χ1n) is 8.45. The Morgan fingerprint density at radius 1 is 1.20 bits per heavy atom. The lowest BCUT2D eigenvalue weighted by molar-refractivity contribution is 0.0949. The second-order valence-electron chi connectivity index (χ2n) is 6.05. The SMILES string of the molecule is O=C(NCc1nnc2n1CCCCC2)c1ccc(-n2ccnc2)nc1. The van der Waals surface area contributed by atoms with Gasteiger partial charge in [-0.25, -0.2) is 9.97 Å². The van der Waals surface area contributed by atoms with E-state index in [1.807, 2.05) is 0 Å². The predicted molar refractivity (Wildman–Crippen MR) is 90.1 cm³/mol. The monoisotopic (exact) mass is 337 g/mol. The van der Waals surface area contributed by atoms with Crippen LogP contribution in [0.4, 0.5) is 0 Å². The molecule has 1 aliphatic rings.